The van der Waals surface area contributed by atoms with Crippen molar-refractivity contribution in [3.05, 3.63) is 0 Å². The molecular weight excluding hydrogens is 372 g/mol. The van der Waals surface area contributed by atoms with Crippen LogP contribution in [0.2, 0.25) is 0 Å². The van der Waals surface area contributed by atoms with E-state index in [9.17, 15) is 24.0 Å². The first kappa shape index (κ1) is 25.3. The van der Waals surface area contributed by atoms with Crippen LogP contribution in [0.5, 0.6) is 0 Å². The van der Waals surface area contributed by atoms with E-state index >= 15 is 0 Å². The van der Waals surface area contributed by atoms with Gasteiger partial charge in [-0.15, -0.1) is 0 Å². The van der Waals surface area contributed by atoms with Crippen molar-refractivity contribution in [2.45, 2.75) is 71.1 Å². The van der Waals surface area contributed by atoms with Crippen molar-refractivity contribution >= 4 is 29.7 Å². The Labute approximate surface area is 163 Å². The minimum absolute atomic E-state index is 0.0815. The fourth-order valence-corrected chi connectivity index (χ4v) is 2.14. The van der Waals surface area contributed by atoms with Gasteiger partial charge in [0.2, 0.25) is 17.7 Å². The normalized spacial score (nSPS) is 16.0. The summed E-state index contributed by atoms with van der Waals surface area (Å²) in [6, 6.07) is -4.23. The molecule has 0 heterocycles. The lowest BCUT2D eigenvalue weighted by atomic mass is 9.97. The minimum Gasteiger partial charge on any atom is -0.481 e. The fraction of sp³-hybridized carbons (Fsp3) is 0.706. The van der Waals surface area contributed by atoms with Crippen LogP contribution in [-0.2, 0) is 24.0 Å². The van der Waals surface area contributed by atoms with Gasteiger partial charge in [0, 0.05) is 6.42 Å². The molecule has 0 rings (SSSR count). The van der Waals surface area contributed by atoms with E-state index in [4.69, 9.17) is 15.9 Å². The van der Waals surface area contributed by atoms with Gasteiger partial charge < -0.3 is 31.9 Å². The Kier molecular flexibility index (Phi) is 10.8. The summed E-state index contributed by atoms with van der Waals surface area (Å²) in [5.74, 6) is -4.57. The molecule has 0 aromatic carbocycles. The average Bonchev–Trinajstić information content (AvgIpc) is 2.62. The van der Waals surface area contributed by atoms with E-state index in [2.05, 4.69) is 16.0 Å². The molecule has 0 aliphatic heterocycles. The van der Waals surface area contributed by atoms with Crippen molar-refractivity contribution in [2.75, 3.05) is 0 Å². The largest absolute Gasteiger partial charge is 0.481 e. The lowest BCUT2D eigenvalue weighted by molar-refractivity contribution is -0.142. The molecule has 28 heavy (non-hydrogen) atoms. The second-order valence-corrected chi connectivity index (χ2v) is 6.71. The van der Waals surface area contributed by atoms with Crippen molar-refractivity contribution in [1.82, 2.24) is 16.0 Å². The summed E-state index contributed by atoms with van der Waals surface area (Å²) >= 11 is 0. The molecule has 3 amide bonds. The molecule has 0 bridgehead atoms. The van der Waals surface area contributed by atoms with E-state index in [0.29, 0.717) is 6.42 Å². The van der Waals surface area contributed by atoms with Gasteiger partial charge in [0.25, 0.3) is 0 Å². The molecule has 0 saturated carbocycles. The highest BCUT2D eigenvalue weighted by atomic mass is 16.4. The zero-order valence-electron chi connectivity index (χ0n) is 16.5. The number of carboxylic acid groups (broad SMARTS) is 2. The summed E-state index contributed by atoms with van der Waals surface area (Å²) in [5.41, 5.74) is 5.66. The number of hydrogen-bond donors (Lipinski definition) is 6. The van der Waals surface area contributed by atoms with Crippen LogP contribution in [0.3, 0.4) is 0 Å². The lowest BCUT2D eigenvalue weighted by Crippen LogP contribution is -2.57. The second-order valence-electron chi connectivity index (χ2n) is 6.71. The zero-order chi connectivity index (χ0) is 22.0. The zero-order valence-corrected chi connectivity index (χ0v) is 16.5. The molecule has 0 spiro atoms. The molecule has 0 aliphatic carbocycles. The summed E-state index contributed by atoms with van der Waals surface area (Å²) in [5, 5.41) is 24.7. The Morgan fingerprint density at radius 2 is 1.39 bits per heavy atom. The number of hydrogen-bond acceptors (Lipinski definition) is 6. The Morgan fingerprint density at radius 1 is 0.857 bits per heavy atom. The summed E-state index contributed by atoms with van der Waals surface area (Å²) < 4.78 is 0. The number of carboxylic acids is 2. The second kappa shape index (κ2) is 11.9. The van der Waals surface area contributed by atoms with E-state index in [1.807, 2.05) is 6.92 Å². The summed E-state index contributed by atoms with van der Waals surface area (Å²) in [6.07, 6.45) is 0.176. The molecule has 11 heteroatoms. The minimum atomic E-state index is -1.22. The van der Waals surface area contributed by atoms with Gasteiger partial charge in [-0.2, -0.15) is 0 Å². The van der Waals surface area contributed by atoms with Gasteiger partial charge in [0.15, 0.2) is 0 Å². The number of carbonyl (C=O) groups is 5. The van der Waals surface area contributed by atoms with Gasteiger partial charge in [-0.3, -0.25) is 24.0 Å². The van der Waals surface area contributed by atoms with E-state index in [0.717, 1.165) is 0 Å². The van der Waals surface area contributed by atoms with E-state index in [1.54, 1.807) is 6.92 Å². The first-order valence-corrected chi connectivity index (χ1v) is 9.01. The summed E-state index contributed by atoms with van der Waals surface area (Å²) in [7, 11) is 0. The number of aliphatic carboxylic acids is 2. The smallest absolute Gasteiger partial charge is 0.325 e. The average molecular weight is 402 g/mol. The number of carbonyl (C=O) groups excluding carboxylic acids is 3. The van der Waals surface area contributed by atoms with E-state index in [1.165, 1.54) is 13.8 Å². The number of rotatable bonds is 12. The molecule has 0 aliphatic rings. The van der Waals surface area contributed by atoms with E-state index in [-0.39, 0.29) is 18.8 Å². The maximum atomic E-state index is 12.5. The first-order valence-electron chi connectivity index (χ1n) is 9.01. The predicted molar refractivity (Wildman–Crippen MR) is 99.1 cm³/mol. The third-order valence-electron chi connectivity index (χ3n) is 4.28. The van der Waals surface area contributed by atoms with Crippen LogP contribution >= 0.6 is 0 Å². The topological polar surface area (TPSA) is 188 Å². The van der Waals surface area contributed by atoms with Gasteiger partial charge >= 0.3 is 11.9 Å². The molecule has 7 N–H and O–H groups in total. The van der Waals surface area contributed by atoms with Crippen LogP contribution in [0, 0.1) is 5.92 Å². The van der Waals surface area contributed by atoms with Gasteiger partial charge in [0.1, 0.15) is 18.1 Å². The fourth-order valence-electron chi connectivity index (χ4n) is 2.14. The first-order chi connectivity index (χ1) is 12.9. The highest BCUT2D eigenvalue weighted by Gasteiger charge is 2.30. The third kappa shape index (κ3) is 8.80. The van der Waals surface area contributed by atoms with Crippen LogP contribution in [-0.4, -0.2) is 64.0 Å². The van der Waals surface area contributed by atoms with Gasteiger partial charge in [0.05, 0.1) is 6.04 Å². The molecule has 5 atom stereocenters. The maximum absolute atomic E-state index is 12.5. The van der Waals surface area contributed by atoms with Crippen molar-refractivity contribution in [2.24, 2.45) is 11.7 Å². The third-order valence-corrected chi connectivity index (χ3v) is 4.28. The monoisotopic (exact) mass is 402 g/mol. The Balaban J connectivity index is 4.98. The molecule has 0 fully saturated rings. The number of nitrogens with two attached hydrogens (primary N) is 1. The Hall–Kier alpha value is -2.69. The molecule has 11 nitrogen and oxygen atoms in total. The quantitative estimate of drug-likeness (QED) is 0.235. The van der Waals surface area contributed by atoms with Crippen molar-refractivity contribution in [1.29, 1.82) is 0 Å². The predicted octanol–water partition coefficient (Wildman–Crippen LogP) is -1.20. The Morgan fingerprint density at radius 3 is 1.86 bits per heavy atom. The molecular formula is C17H30N4O7. The van der Waals surface area contributed by atoms with Crippen LogP contribution in [0.4, 0.5) is 0 Å². The number of amides is 3. The molecule has 0 saturated heterocycles. The van der Waals surface area contributed by atoms with Crippen molar-refractivity contribution < 1.29 is 34.2 Å². The highest BCUT2D eigenvalue weighted by molar-refractivity contribution is 5.94. The molecule has 0 radical (unpaired) electrons. The van der Waals surface area contributed by atoms with Gasteiger partial charge in [-0.25, -0.2) is 0 Å². The molecule has 5 unspecified atom stereocenters. The summed E-state index contributed by atoms with van der Waals surface area (Å²) in [4.78, 5) is 58.1. The number of nitrogens with one attached hydrogen (secondary N) is 3. The van der Waals surface area contributed by atoms with Crippen molar-refractivity contribution in [3.8, 4) is 0 Å². The van der Waals surface area contributed by atoms with Gasteiger partial charge in [-0.05, 0) is 26.2 Å². The van der Waals surface area contributed by atoms with Gasteiger partial charge in [-0.1, -0.05) is 20.3 Å². The molecule has 0 aromatic rings. The SMILES string of the molecule is CCC(C)C(NC(=O)C(N)CCC(=O)O)C(=O)NC(C)C(=O)NC(C)C(=O)O. The van der Waals surface area contributed by atoms with Crippen LogP contribution in [0.1, 0.15) is 47.0 Å². The standard InChI is InChI=1S/C17H30N4O7/c1-5-8(2)13(21-15(25)11(18)6-7-12(22)23)16(26)19-9(3)14(24)20-10(4)17(27)28/h8-11,13H,5-7,18H2,1-4H3,(H,19,26)(H,20,24)(H,21,25)(H,22,23)(H,27,28). The highest BCUT2D eigenvalue weighted by Crippen LogP contribution is 2.09. The van der Waals surface area contributed by atoms with Crippen molar-refractivity contribution in [3.63, 3.8) is 0 Å². The lowest BCUT2D eigenvalue weighted by Gasteiger charge is -2.26. The van der Waals surface area contributed by atoms with Crippen LogP contribution in [0.25, 0.3) is 0 Å². The van der Waals surface area contributed by atoms with E-state index < -0.39 is 53.8 Å². The summed E-state index contributed by atoms with van der Waals surface area (Å²) in [6.45, 7) is 6.21. The van der Waals surface area contributed by atoms with Crippen LogP contribution < -0.4 is 21.7 Å². The molecule has 160 valence electrons. The Bertz CT molecular complexity index is 596. The molecule has 0 aromatic heterocycles. The van der Waals surface area contributed by atoms with Crippen LogP contribution in [0.15, 0.2) is 0 Å². The maximum Gasteiger partial charge on any atom is 0.325 e.